The molecule has 2 heteroatoms. The van der Waals surface area contributed by atoms with Gasteiger partial charge in [0.2, 0.25) is 5.91 Å². The first-order valence-electron chi connectivity index (χ1n) is 12.2. The van der Waals surface area contributed by atoms with Crippen molar-refractivity contribution < 1.29 is 4.79 Å². The van der Waals surface area contributed by atoms with Crippen LogP contribution in [-0.2, 0) is 11.2 Å². The van der Waals surface area contributed by atoms with Gasteiger partial charge in [0.1, 0.15) is 0 Å². The van der Waals surface area contributed by atoms with Crippen molar-refractivity contribution in [1.82, 2.24) is 4.90 Å². The van der Waals surface area contributed by atoms with Gasteiger partial charge in [-0.2, -0.15) is 0 Å². The van der Waals surface area contributed by atoms with E-state index in [0.29, 0.717) is 5.57 Å². The predicted octanol–water partition coefficient (Wildman–Crippen LogP) is 7.56. The van der Waals surface area contributed by atoms with E-state index >= 15 is 0 Å². The first-order valence-corrected chi connectivity index (χ1v) is 12.2. The van der Waals surface area contributed by atoms with Gasteiger partial charge in [-0.3, -0.25) is 4.79 Å². The van der Waals surface area contributed by atoms with Crippen molar-refractivity contribution in [3.8, 4) is 11.1 Å². The Morgan fingerprint density at radius 2 is 1.59 bits per heavy atom. The van der Waals surface area contributed by atoms with Crippen LogP contribution in [0.5, 0.6) is 0 Å². The van der Waals surface area contributed by atoms with E-state index in [1.807, 2.05) is 7.05 Å². The van der Waals surface area contributed by atoms with Gasteiger partial charge in [-0.15, -0.1) is 6.58 Å². The molecule has 170 valence electrons. The lowest BCUT2D eigenvalue weighted by atomic mass is 9.77. The lowest BCUT2D eigenvalue weighted by Gasteiger charge is -2.28. The highest BCUT2D eigenvalue weighted by molar-refractivity contribution is 5.91. The molecule has 0 unspecified atom stereocenters. The number of hydrogen-bond acceptors (Lipinski definition) is 1. The van der Waals surface area contributed by atoms with Crippen LogP contribution in [0.4, 0.5) is 0 Å². The van der Waals surface area contributed by atoms with Crippen LogP contribution in [0.1, 0.15) is 68.9 Å². The normalized spacial score (nSPS) is 18.2. The number of nitrogens with zero attached hydrogens (tertiary/aromatic N) is 1. The Labute approximate surface area is 195 Å². The summed E-state index contributed by atoms with van der Waals surface area (Å²) in [6.45, 7) is 10.1. The molecule has 32 heavy (non-hydrogen) atoms. The molecule has 1 aliphatic rings. The molecule has 3 rings (SSSR count). The van der Waals surface area contributed by atoms with Crippen molar-refractivity contribution in [2.24, 2.45) is 5.92 Å². The summed E-state index contributed by atoms with van der Waals surface area (Å²) < 4.78 is 0. The lowest BCUT2D eigenvalue weighted by molar-refractivity contribution is -0.125. The van der Waals surface area contributed by atoms with Crippen LogP contribution < -0.4 is 0 Å². The molecular formula is C30H39NO. The molecule has 0 heterocycles. The molecular weight excluding hydrogens is 390 g/mol. The zero-order chi connectivity index (χ0) is 22.9. The van der Waals surface area contributed by atoms with Crippen LogP contribution in [0.3, 0.4) is 0 Å². The van der Waals surface area contributed by atoms with Gasteiger partial charge in [-0.05, 0) is 92.4 Å². The number of hydrogen-bond donors (Lipinski definition) is 0. The Morgan fingerprint density at radius 3 is 2.16 bits per heavy atom. The van der Waals surface area contributed by atoms with Gasteiger partial charge < -0.3 is 4.90 Å². The molecule has 0 aromatic heterocycles. The monoisotopic (exact) mass is 429 g/mol. The average Bonchev–Trinajstić information content (AvgIpc) is 2.83. The summed E-state index contributed by atoms with van der Waals surface area (Å²) >= 11 is 0. The summed E-state index contributed by atoms with van der Waals surface area (Å²) in [4.78, 5) is 13.6. The van der Waals surface area contributed by atoms with Crippen molar-refractivity contribution >= 4 is 5.91 Å². The lowest BCUT2D eigenvalue weighted by Crippen LogP contribution is -2.28. The van der Waals surface area contributed by atoms with Gasteiger partial charge in [-0.25, -0.2) is 0 Å². The fraction of sp³-hybridized carbons (Fsp3) is 0.433. The highest BCUT2D eigenvalue weighted by atomic mass is 16.2. The van der Waals surface area contributed by atoms with Crippen LogP contribution >= 0.6 is 0 Å². The summed E-state index contributed by atoms with van der Waals surface area (Å²) in [5, 5.41) is 0. The molecule has 0 bridgehead atoms. The summed E-state index contributed by atoms with van der Waals surface area (Å²) in [7, 11) is 1.85. The van der Waals surface area contributed by atoms with Crippen LogP contribution in [0.25, 0.3) is 11.1 Å². The quantitative estimate of drug-likeness (QED) is 0.282. The average molecular weight is 430 g/mol. The smallest absolute Gasteiger partial charge is 0.248 e. The number of amides is 1. The van der Waals surface area contributed by atoms with E-state index in [2.05, 4.69) is 67.8 Å². The maximum Gasteiger partial charge on any atom is 0.248 e. The van der Waals surface area contributed by atoms with Crippen molar-refractivity contribution in [3.05, 3.63) is 84.5 Å². The predicted molar refractivity (Wildman–Crippen MR) is 137 cm³/mol. The number of carbonyl (C=O) groups is 1. The second-order valence-electron chi connectivity index (χ2n) is 9.51. The third kappa shape index (κ3) is 6.69. The molecule has 2 nitrogen and oxygen atoms in total. The molecule has 0 radical (unpaired) electrons. The molecule has 1 amide bonds. The number of allylic oxidation sites excluding steroid dienone is 1. The first kappa shape index (κ1) is 24.0. The summed E-state index contributed by atoms with van der Waals surface area (Å²) in [6, 6.07) is 18.1. The fourth-order valence-electron chi connectivity index (χ4n) is 4.90. The number of likely N-dealkylation sites (N-methyl/N-ethyl adjacent to an activating group) is 1. The molecule has 0 spiro atoms. The molecule has 1 aliphatic carbocycles. The Bertz CT molecular complexity index is 885. The van der Waals surface area contributed by atoms with Gasteiger partial charge in [0.25, 0.3) is 0 Å². The second-order valence-corrected chi connectivity index (χ2v) is 9.51. The van der Waals surface area contributed by atoms with Crippen molar-refractivity contribution in [2.75, 3.05) is 13.6 Å². The van der Waals surface area contributed by atoms with Crippen LogP contribution in [-0.4, -0.2) is 24.4 Å². The molecule has 0 atom stereocenters. The minimum atomic E-state index is 0.0320. The fourth-order valence-corrected chi connectivity index (χ4v) is 4.90. The molecule has 1 fully saturated rings. The van der Waals surface area contributed by atoms with Gasteiger partial charge in [-0.1, -0.05) is 61.2 Å². The van der Waals surface area contributed by atoms with Gasteiger partial charge in [0, 0.05) is 19.2 Å². The first-order chi connectivity index (χ1) is 15.5. The Hall–Kier alpha value is -2.61. The van der Waals surface area contributed by atoms with Gasteiger partial charge in [0.05, 0.1) is 0 Å². The van der Waals surface area contributed by atoms with Crippen LogP contribution in [0, 0.1) is 5.92 Å². The number of benzene rings is 2. The molecule has 2 aromatic carbocycles. The Kier molecular flexibility index (Phi) is 8.90. The van der Waals surface area contributed by atoms with E-state index in [1.54, 1.807) is 11.8 Å². The van der Waals surface area contributed by atoms with Crippen molar-refractivity contribution in [2.45, 2.75) is 64.2 Å². The highest BCUT2D eigenvalue weighted by Crippen LogP contribution is 2.38. The van der Waals surface area contributed by atoms with E-state index in [0.717, 1.165) is 37.6 Å². The number of rotatable bonds is 10. The Morgan fingerprint density at radius 1 is 1.00 bits per heavy atom. The van der Waals surface area contributed by atoms with Crippen LogP contribution in [0.15, 0.2) is 73.3 Å². The van der Waals surface area contributed by atoms with Crippen molar-refractivity contribution in [3.63, 3.8) is 0 Å². The summed E-state index contributed by atoms with van der Waals surface area (Å²) in [6.07, 6.45) is 11.8. The van der Waals surface area contributed by atoms with E-state index in [9.17, 15) is 4.79 Å². The topological polar surface area (TPSA) is 20.3 Å². The maximum atomic E-state index is 11.9. The molecule has 2 aromatic rings. The van der Waals surface area contributed by atoms with E-state index in [4.69, 9.17) is 0 Å². The summed E-state index contributed by atoms with van der Waals surface area (Å²) in [5.41, 5.74) is 5.96. The summed E-state index contributed by atoms with van der Waals surface area (Å²) in [5.74, 6) is 1.65. The highest BCUT2D eigenvalue weighted by Gasteiger charge is 2.21. The SMILES string of the molecule is C=CCCC1CCC(c2ccc(-c3ccc(CCCN(C)C(=O)C(=C)C)cc3)cc2)CC1. The third-order valence-electron chi connectivity index (χ3n) is 6.97. The minimum absolute atomic E-state index is 0.0320. The van der Waals surface area contributed by atoms with Gasteiger partial charge in [0.15, 0.2) is 0 Å². The maximum absolute atomic E-state index is 11.9. The van der Waals surface area contributed by atoms with E-state index in [1.165, 1.54) is 54.4 Å². The van der Waals surface area contributed by atoms with Gasteiger partial charge >= 0.3 is 0 Å². The number of carbonyl (C=O) groups excluding carboxylic acids is 1. The largest absolute Gasteiger partial charge is 0.342 e. The van der Waals surface area contributed by atoms with Crippen LogP contribution in [0.2, 0.25) is 0 Å². The standard InChI is InChI=1S/C30H39NO/c1-5-6-8-24-10-14-26(15-11-24)28-18-20-29(21-19-28)27-16-12-25(13-17-27)9-7-22-31(4)30(32)23(2)3/h5,12-13,16-21,24,26H,1-2,6-11,14-15,22H2,3-4H3. The molecule has 0 N–H and O–H groups in total. The van der Waals surface area contributed by atoms with Crippen molar-refractivity contribution in [1.29, 1.82) is 0 Å². The third-order valence-corrected chi connectivity index (χ3v) is 6.97. The zero-order valence-corrected chi connectivity index (χ0v) is 20.0. The molecule has 0 saturated heterocycles. The number of aryl methyl sites for hydroxylation is 1. The van der Waals surface area contributed by atoms with E-state index < -0.39 is 0 Å². The minimum Gasteiger partial charge on any atom is -0.342 e. The molecule has 1 saturated carbocycles. The Balaban J connectivity index is 1.49. The molecule has 0 aliphatic heterocycles. The zero-order valence-electron chi connectivity index (χ0n) is 20.0. The van der Waals surface area contributed by atoms with E-state index in [-0.39, 0.29) is 5.91 Å². The second kappa shape index (κ2) is 11.9.